The average Bonchev–Trinajstić information content (AvgIpc) is 3.02. The van der Waals surface area contributed by atoms with Gasteiger partial charge in [0.05, 0.1) is 6.61 Å². The zero-order chi connectivity index (χ0) is 31.5. The lowest BCUT2D eigenvalue weighted by Crippen LogP contribution is -2.61. The first kappa shape index (κ1) is 32.2. The van der Waals surface area contributed by atoms with E-state index in [1.807, 2.05) is 66.7 Å². The molecule has 0 amide bonds. The highest BCUT2D eigenvalue weighted by atomic mass is 16.6. The van der Waals surface area contributed by atoms with Gasteiger partial charge in [0.2, 0.25) is 0 Å². The minimum Gasteiger partial charge on any atom is -0.463 e. The predicted octanol–water partition coefficient (Wildman–Crippen LogP) is 7.96. The Labute approximate surface area is 262 Å². The highest BCUT2D eigenvalue weighted by Crippen LogP contribution is 2.65. The van der Waals surface area contributed by atoms with E-state index >= 15 is 0 Å². The zero-order valence-corrected chi connectivity index (χ0v) is 26.9. The standard InChI is InChI=1S/C38H48O6/c1-7-26-19-20-30-29(25(26)2)23-31(44-36(40)33(42-6)28-17-12-9-13-18-28)34-37(3,21-14-22-38(30,34)4)24-43-35(39)32(41-5)27-15-10-8-11-16-27/h7-13,15-18,29-34H,1,14,19-24H2,2-6H3/t29-,30-,31+,32+,33+,34-,37-,38+/m0/s1. The summed E-state index contributed by atoms with van der Waals surface area (Å²) in [5.74, 6) is -0.0191. The van der Waals surface area contributed by atoms with Crippen LogP contribution >= 0.6 is 0 Å². The van der Waals surface area contributed by atoms with E-state index in [2.05, 4.69) is 27.4 Å². The summed E-state index contributed by atoms with van der Waals surface area (Å²) in [6.45, 7) is 11.2. The number of esters is 2. The number of methoxy groups -OCH3 is 2. The lowest BCUT2D eigenvalue weighted by atomic mass is 9.43. The number of carbonyl (C=O) groups excluding carboxylic acids is 2. The van der Waals surface area contributed by atoms with Gasteiger partial charge in [0, 0.05) is 25.6 Å². The van der Waals surface area contributed by atoms with Crippen molar-refractivity contribution in [3.63, 3.8) is 0 Å². The second-order valence-corrected chi connectivity index (χ2v) is 13.5. The summed E-state index contributed by atoms with van der Waals surface area (Å²) in [5.41, 5.74) is 3.73. The van der Waals surface area contributed by atoms with Crippen LogP contribution in [0, 0.1) is 28.6 Å². The van der Waals surface area contributed by atoms with Crippen molar-refractivity contribution in [2.45, 2.75) is 77.6 Å². The number of hydrogen-bond donors (Lipinski definition) is 0. The largest absolute Gasteiger partial charge is 0.463 e. The molecule has 0 bridgehead atoms. The number of hydrogen-bond acceptors (Lipinski definition) is 6. The van der Waals surface area contributed by atoms with Crippen LogP contribution in [-0.2, 0) is 28.5 Å². The van der Waals surface area contributed by atoms with Crippen LogP contribution in [0.2, 0.25) is 0 Å². The summed E-state index contributed by atoms with van der Waals surface area (Å²) in [5, 5.41) is 0. The van der Waals surface area contributed by atoms with E-state index in [0.29, 0.717) is 11.8 Å². The van der Waals surface area contributed by atoms with Gasteiger partial charge in [-0.2, -0.15) is 0 Å². The first-order valence-electron chi connectivity index (χ1n) is 16.0. The number of rotatable bonds is 10. The lowest BCUT2D eigenvalue weighted by molar-refractivity contribution is -0.208. The molecule has 0 aromatic heterocycles. The third kappa shape index (κ3) is 6.03. The van der Waals surface area contributed by atoms with Crippen molar-refractivity contribution >= 4 is 11.9 Å². The Bertz CT molecular complexity index is 1350. The molecule has 0 radical (unpaired) electrons. The maximum absolute atomic E-state index is 13.9. The van der Waals surface area contributed by atoms with Crippen LogP contribution in [0.15, 0.2) is 84.5 Å². The first-order valence-corrected chi connectivity index (χ1v) is 16.0. The fraction of sp³-hybridized carbons (Fsp3) is 0.526. The van der Waals surface area contributed by atoms with Crippen LogP contribution in [-0.4, -0.2) is 38.9 Å². The summed E-state index contributed by atoms with van der Waals surface area (Å²) >= 11 is 0. The maximum atomic E-state index is 13.9. The monoisotopic (exact) mass is 600 g/mol. The van der Waals surface area contributed by atoms with Crippen molar-refractivity contribution in [1.82, 2.24) is 0 Å². The van der Waals surface area contributed by atoms with E-state index in [-0.39, 0.29) is 35.4 Å². The van der Waals surface area contributed by atoms with Gasteiger partial charge in [-0.3, -0.25) is 0 Å². The Morgan fingerprint density at radius 3 is 2.09 bits per heavy atom. The van der Waals surface area contributed by atoms with Gasteiger partial charge < -0.3 is 18.9 Å². The minimum absolute atomic E-state index is 0.00540. The van der Waals surface area contributed by atoms with E-state index in [4.69, 9.17) is 18.9 Å². The van der Waals surface area contributed by atoms with Crippen molar-refractivity contribution < 1.29 is 28.5 Å². The van der Waals surface area contributed by atoms with E-state index in [1.165, 1.54) is 18.3 Å². The van der Waals surface area contributed by atoms with Crippen molar-refractivity contribution in [3.05, 3.63) is 95.6 Å². The van der Waals surface area contributed by atoms with Crippen LogP contribution in [0.25, 0.3) is 0 Å². The molecule has 0 heterocycles. The number of allylic oxidation sites excluding steroid dienone is 3. The van der Waals surface area contributed by atoms with Gasteiger partial charge in [-0.15, -0.1) is 0 Å². The summed E-state index contributed by atoms with van der Waals surface area (Å²) in [4.78, 5) is 27.3. The molecule has 8 atom stereocenters. The topological polar surface area (TPSA) is 71.1 Å². The molecule has 6 heteroatoms. The highest BCUT2D eigenvalue weighted by molar-refractivity contribution is 5.77. The van der Waals surface area contributed by atoms with Gasteiger partial charge in [-0.1, -0.05) is 99.2 Å². The number of fused-ring (bicyclic) bond motifs is 3. The van der Waals surface area contributed by atoms with Crippen molar-refractivity contribution in [2.75, 3.05) is 20.8 Å². The molecule has 0 aliphatic heterocycles. The summed E-state index contributed by atoms with van der Waals surface area (Å²) in [6, 6.07) is 19.0. The third-order valence-electron chi connectivity index (χ3n) is 11.1. The fourth-order valence-electron chi connectivity index (χ4n) is 9.09. The predicted molar refractivity (Wildman–Crippen MR) is 171 cm³/mol. The van der Waals surface area contributed by atoms with Gasteiger partial charge in [0.25, 0.3) is 0 Å². The Morgan fingerprint density at radius 2 is 1.52 bits per heavy atom. The maximum Gasteiger partial charge on any atom is 0.340 e. The zero-order valence-electron chi connectivity index (χ0n) is 26.9. The molecule has 236 valence electrons. The molecule has 5 rings (SSSR count). The molecule has 0 saturated heterocycles. The molecule has 0 unspecified atom stereocenters. The Kier molecular flexibility index (Phi) is 9.81. The van der Waals surface area contributed by atoms with Crippen LogP contribution in [0.5, 0.6) is 0 Å². The molecule has 6 nitrogen and oxygen atoms in total. The number of ether oxygens (including phenoxy) is 4. The average molecular weight is 601 g/mol. The molecule has 0 N–H and O–H groups in total. The molecule has 2 fully saturated rings. The number of benzene rings is 2. The molecule has 0 spiro atoms. The third-order valence-corrected chi connectivity index (χ3v) is 11.1. The van der Waals surface area contributed by atoms with Gasteiger partial charge in [-0.25, -0.2) is 9.59 Å². The Morgan fingerprint density at radius 1 is 0.932 bits per heavy atom. The Hall–Kier alpha value is -3.22. The van der Waals surface area contributed by atoms with Gasteiger partial charge in [0.15, 0.2) is 12.2 Å². The second-order valence-electron chi connectivity index (χ2n) is 13.5. The van der Waals surface area contributed by atoms with E-state index in [0.717, 1.165) is 49.7 Å². The minimum atomic E-state index is -0.812. The molecule has 2 aromatic carbocycles. The van der Waals surface area contributed by atoms with E-state index in [9.17, 15) is 9.59 Å². The fourth-order valence-corrected chi connectivity index (χ4v) is 9.09. The summed E-state index contributed by atoms with van der Waals surface area (Å²) in [6.07, 6.45) is 5.82. The van der Waals surface area contributed by atoms with Crippen molar-refractivity contribution in [1.29, 1.82) is 0 Å². The number of carbonyl (C=O) groups is 2. The summed E-state index contributed by atoms with van der Waals surface area (Å²) in [7, 11) is 3.08. The lowest BCUT2D eigenvalue weighted by Gasteiger charge is -2.63. The van der Waals surface area contributed by atoms with E-state index < -0.39 is 18.2 Å². The molecule has 2 saturated carbocycles. The molecule has 2 aromatic rings. The van der Waals surface area contributed by atoms with Crippen LogP contribution < -0.4 is 0 Å². The molecule has 44 heavy (non-hydrogen) atoms. The van der Waals surface area contributed by atoms with Gasteiger partial charge >= 0.3 is 11.9 Å². The quantitative estimate of drug-likeness (QED) is 0.258. The summed E-state index contributed by atoms with van der Waals surface area (Å²) < 4.78 is 24.0. The van der Waals surface area contributed by atoms with Gasteiger partial charge in [0.1, 0.15) is 6.10 Å². The van der Waals surface area contributed by atoms with Crippen LogP contribution in [0.3, 0.4) is 0 Å². The molecular weight excluding hydrogens is 552 g/mol. The Balaban J connectivity index is 1.47. The SMILES string of the molecule is C=CC1=C(C)[C@@H]2C[C@@H](OC(=O)[C@H](OC)c3ccccc3)[C@H]3[C@](C)(COC(=O)[C@H](OC)c4ccccc4)CCC[C@]3(C)[C@H]2CC1. The smallest absolute Gasteiger partial charge is 0.340 e. The van der Waals surface area contributed by atoms with Crippen LogP contribution in [0.4, 0.5) is 0 Å². The highest BCUT2D eigenvalue weighted by Gasteiger charge is 2.62. The first-order chi connectivity index (χ1) is 21.2. The van der Waals surface area contributed by atoms with Crippen LogP contribution in [0.1, 0.15) is 82.6 Å². The molecule has 3 aliphatic carbocycles. The molecular formula is C38H48O6. The van der Waals surface area contributed by atoms with Gasteiger partial charge in [-0.05, 0) is 73.0 Å². The van der Waals surface area contributed by atoms with Crippen molar-refractivity contribution in [3.8, 4) is 0 Å². The van der Waals surface area contributed by atoms with Crippen molar-refractivity contribution in [2.24, 2.45) is 28.6 Å². The van der Waals surface area contributed by atoms with E-state index in [1.54, 1.807) is 7.11 Å². The normalized spacial score (nSPS) is 31.2. The molecule has 3 aliphatic rings. The second kappa shape index (κ2) is 13.4.